The average Bonchev–Trinajstić information content (AvgIpc) is 3.07. The van der Waals surface area contributed by atoms with Crippen molar-refractivity contribution in [1.29, 1.82) is 0 Å². The van der Waals surface area contributed by atoms with Crippen LogP contribution in [0.15, 0.2) is 40.7 Å². The zero-order valence-corrected chi connectivity index (χ0v) is 17.2. The summed E-state index contributed by atoms with van der Waals surface area (Å²) in [5.74, 6) is -0.773. The molecule has 29 heavy (non-hydrogen) atoms. The fraction of sp³-hybridized carbons (Fsp3) is 0.211. The summed E-state index contributed by atoms with van der Waals surface area (Å²) >= 11 is 3.18. The first-order valence-electron chi connectivity index (χ1n) is 8.61. The molecule has 0 spiro atoms. The van der Waals surface area contributed by atoms with Crippen molar-refractivity contribution in [2.75, 3.05) is 11.1 Å². The zero-order valence-electron chi connectivity index (χ0n) is 15.5. The maximum atomic E-state index is 12.6. The molecule has 0 atom stereocenters. The standard InChI is InChI=1S/C19H17N3O5S2/c1-10(2)9-28-19-21-13-7-6-11(8-15(13)29-19)20-17(23)12-4-3-5-14(22(26)27)16(12)18(24)25/h3-8,10H,9H2,1-2H3,(H,20,23)(H,24,25). The second kappa shape index (κ2) is 8.58. The van der Waals surface area contributed by atoms with Crippen molar-refractivity contribution in [3.05, 3.63) is 57.6 Å². The Labute approximate surface area is 174 Å². The lowest BCUT2D eigenvalue weighted by Gasteiger charge is -2.08. The molecule has 0 bridgehead atoms. The van der Waals surface area contributed by atoms with Crippen molar-refractivity contribution < 1.29 is 19.6 Å². The number of rotatable bonds is 7. The van der Waals surface area contributed by atoms with Gasteiger partial charge >= 0.3 is 5.97 Å². The highest BCUT2D eigenvalue weighted by atomic mass is 32.2. The van der Waals surface area contributed by atoms with Crippen LogP contribution in [0.3, 0.4) is 0 Å². The Kier molecular flexibility index (Phi) is 6.14. The van der Waals surface area contributed by atoms with Gasteiger partial charge in [0.15, 0.2) is 4.34 Å². The summed E-state index contributed by atoms with van der Waals surface area (Å²) in [7, 11) is 0. The van der Waals surface area contributed by atoms with E-state index in [0.717, 1.165) is 26.4 Å². The Morgan fingerprint density at radius 2 is 2.07 bits per heavy atom. The first-order chi connectivity index (χ1) is 13.8. The van der Waals surface area contributed by atoms with Crippen LogP contribution in [0.5, 0.6) is 0 Å². The van der Waals surface area contributed by atoms with Gasteiger partial charge in [-0.15, -0.1) is 11.3 Å². The van der Waals surface area contributed by atoms with Crippen LogP contribution in [0.4, 0.5) is 11.4 Å². The minimum Gasteiger partial charge on any atom is -0.477 e. The number of aromatic nitrogens is 1. The number of benzene rings is 2. The molecule has 3 rings (SSSR count). The number of hydrogen-bond donors (Lipinski definition) is 2. The quantitative estimate of drug-likeness (QED) is 0.310. The van der Waals surface area contributed by atoms with Gasteiger partial charge in [-0.05, 0) is 30.2 Å². The Morgan fingerprint density at radius 3 is 2.72 bits per heavy atom. The van der Waals surface area contributed by atoms with E-state index in [1.165, 1.54) is 23.5 Å². The highest BCUT2D eigenvalue weighted by Crippen LogP contribution is 2.32. The smallest absolute Gasteiger partial charge is 0.343 e. The number of carboxylic acids is 1. The molecule has 0 aliphatic rings. The number of amides is 1. The van der Waals surface area contributed by atoms with Crippen molar-refractivity contribution in [2.24, 2.45) is 5.92 Å². The number of carbonyl (C=O) groups excluding carboxylic acids is 1. The van der Waals surface area contributed by atoms with E-state index in [-0.39, 0.29) is 5.56 Å². The van der Waals surface area contributed by atoms with Crippen molar-refractivity contribution in [3.63, 3.8) is 0 Å². The van der Waals surface area contributed by atoms with E-state index in [9.17, 15) is 24.8 Å². The van der Waals surface area contributed by atoms with E-state index < -0.39 is 28.1 Å². The average molecular weight is 431 g/mol. The molecular weight excluding hydrogens is 414 g/mol. The van der Waals surface area contributed by atoms with Crippen molar-refractivity contribution in [3.8, 4) is 0 Å². The predicted octanol–water partition coefficient (Wildman–Crippen LogP) is 4.90. The third-order valence-corrected chi connectivity index (χ3v) is 6.45. The number of nitrogens with zero attached hydrogens (tertiary/aromatic N) is 2. The molecule has 0 saturated heterocycles. The maximum absolute atomic E-state index is 12.6. The summed E-state index contributed by atoms with van der Waals surface area (Å²) in [5, 5.41) is 23.1. The number of nitro benzene ring substituents is 1. The molecule has 1 heterocycles. The van der Waals surface area contributed by atoms with Crippen molar-refractivity contribution in [1.82, 2.24) is 4.98 Å². The van der Waals surface area contributed by atoms with Gasteiger partial charge in [0.25, 0.3) is 11.6 Å². The topological polar surface area (TPSA) is 122 Å². The molecule has 150 valence electrons. The number of hydrogen-bond acceptors (Lipinski definition) is 7. The van der Waals surface area contributed by atoms with E-state index in [2.05, 4.69) is 24.1 Å². The summed E-state index contributed by atoms with van der Waals surface area (Å²) in [6.45, 7) is 4.26. The number of nitro groups is 1. The molecule has 0 aliphatic carbocycles. The van der Waals surface area contributed by atoms with Crippen LogP contribution in [0.1, 0.15) is 34.6 Å². The molecule has 10 heteroatoms. The lowest BCUT2D eigenvalue weighted by atomic mass is 10.0. The largest absolute Gasteiger partial charge is 0.477 e. The van der Waals surface area contributed by atoms with Crippen molar-refractivity contribution in [2.45, 2.75) is 18.2 Å². The van der Waals surface area contributed by atoms with E-state index in [1.807, 2.05) is 0 Å². The van der Waals surface area contributed by atoms with Crippen LogP contribution in [-0.4, -0.2) is 32.6 Å². The van der Waals surface area contributed by atoms with Gasteiger partial charge in [0.05, 0.1) is 20.7 Å². The first kappa shape index (κ1) is 20.7. The van der Waals surface area contributed by atoms with E-state index >= 15 is 0 Å². The Bertz CT molecular complexity index is 1110. The molecular formula is C19H17N3O5S2. The minimum atomic E-state index is -1.54. The molecule has 0 unspecified atom stereocenters. The van der Waals surface area contributed by atoms with E-state index in [0.29, 0.717) is 11.6 Å². The molecule has 0 fully saturated rings. The SMILES string of the molecule is CC(C)CSc1nc2ccc(NC(=O)c3cccc([N+](=O)[O-])c3C(=O)O)cc2s1. The molecule has 2 N–H and O–H groups in total. The molecule has 1 aromatic heterocycles. The number of thiazole rings is 1. The zero-order chi connectivity index (χ0) is 21.1. The molecule has 8 nitrogen and oxygen atoms in total. The Balaban J connectivity index is 1.87. The number of anilines is 1. The normalized spacial score (nSPS) is 11.0. The predicted molar refractivity (Wildman–Crippen MR) is 113 cm³/mol. The number of carboxylic acid groups (broad SMARTS) is 1. The molecule has 0 aliphatic heterocycles. The second-order valence-electron chi connectivity index (χ2n) is 6.58. The van der Waals surface area contributed by atoms with Crippen molar-refractivity contribution >= 4 is 56.6 Å². The molecule has 0 radical (unpaired) electrons. The Hall–Kier alpha value is -2.98. The van der Waals surface area contributed by atoms with Gasteiger partial charge < -0.3 is 10.4 Å². The molecule has 1 amide bonds. The van der Waals surface area contributed by atoms with Crippen LogP contribution in [0.25, 0.3) is 10.2 Å². The van der Waals surface area contributed by atoms with Gasteiger partial charge in [-0.2, -0.15) is 0 Å². The number of fused-ring (bicyclic) bond motifs is 1. The van der Waals surface area contributed by atoms with Gasteiger partial charge in [0.2, 0.25) is 0 Å². The van der Waals surface area contributed by atoms with Gasteiger partial charge in [-0.25, -0.2) is 9.78 Å². The Morgan fingerprint density at radius 1 is 1.31 bits per heavy atom. The number of aromatic carboxylic acids is 1. The lowest BCUT2D eigenvalue weighted by molar-refractivity contribution is -0.385. The maximum Gasteiger partial charge on any atom is 0.343 e. The molecule has 2 aromatic carbocycles. The van der Waals surface area contributed by atoms with E-state index in [1.54, 1.807) is 30.0 Å². The van der Waals surface area contributed by atoms with Crippen LogP contribution in [0.2, 0.25) is 0 Å². The second-order valence-corrected chi connectivity index (χ2v) is 8.88. The van der Waals surface area contributed by atoms with Gasteiger partial charge in [0, 0.05) is 17.5 Å². The first-order valence-corrected chi connectivity index (χ1v) is 10.4. The third-order valence-electron chi connectivity index (χ3n) is 3.86. The number of nitrogens with one attached hydrogen (secondary N) is 1. The van der Waals surface area contributed by atoms with Crippen LogP contribution < -0.4 is 5.32 Å². The fourth-order valence-corrected chi connectivity index (χ4v) is 4.67. The minimum absolute atomic E-state index is 0.274. The molecule has 3 aromatic rings. The van der Waals surface area contributed by atoms with Crippen LogP contribution >= 0.6 is 23.1 Å². The fourth-order valence-electron chi connectivity index (χ4n) is 2.59. The van der Waals surface area contributed by atoms with Gasteiger partial charge in [-0.1, -0.05) is 31.7 Å². The van der Waals surface area contributed by atoms with Gasteiger partial charge in [-0.3, -0.25) is 14.9 Å². The summed E-state index contributed by atoms with van der Waals surface area (Å²) in [5.41, 5.74) is -0.282. The van der Waals surface area contributed by atoms with E-state index in [4.69, 9.17) is 0 Å². The molecule has 0 saturated carbocycles. The summed E-state index contributed by atoms with van der Waals surface area (Å²) in [6.07, 6.45) is 0. The third kappa shape index (κ3) is 4.72. The van der Waals surface area contributed by atoms with Gasteiger partial charge in [0.1, 0.15) is 5.56 Å². The highest BCUT2D eigenvalue weighted by molar-refractivity contribution is 8.01. The van der Waals surface area contributed by atoms with Crippen LogP contribution in [0, 0.1) is 16.0 Å². The highest BCUT2D eigenvalue weighted by Gasteiger charge is 2.27. The summed E-state index contributed by atoms with van der Waals surface area (Å²) in [4.78, 5) is 39.0. The monoisotopic (exact) mass is 431 g/mol. The lowest BCUT2D eigenvalue weighted by Crippen LogP contribution is -2.17. The number of carbonyl (C=O) groups is 2. The summed E-state index contributed by atoms with van der Waals surface area (Å²) in [6, 6.07) is 8.77. The summed E-state index contributed by atoms with van der Waals surface area (Å²) < 4.78 is 1.82. The van der Waals surface area contributed by atoms with Crippen LogP contribution in [-0.2, 0) is 0 Å². The number of thioether (sulfide) groups is 1.